The second-order valence-electron chi connectivity index (χ2n) is 7.33. The first kappa shape index (κ1) is 18.7. The minimum atomic E-state index is -0.0171. The first-order valence-corrected chi connectivity index (χ1v) is 9.39. The van der Waals surface area contributed by atoms with Crippen LogP contribution in [-0.4, -0.2) is 78.0 Å². The smallest absolute Gasteiger partial charge is 0.317 e. The van der Waals surface area contributed by atoms with Crippen LogP contribution in [0.15, 0.2) is 18.5 Å². The number of carbonyl (C=O) groups excluding carboxylic acids is 2. The molecule has 8 heteroatoms. The number of urea groups is 1. The molecule has 3 heterocycles. The van der Waals surface area contributed by atoms with Crippen molar-refractivity contribution < 1.29 is 14.3 Å². The standard InChI is InChI=1S/C18H29N5O3/c1-26-13-12-21-14-18(6-4-16(21)24)5-2-9-22(15-18)17(25)19-8-11-23-10-3-7-20-23/h3,7,10H,2,4-6,8-9,11-15H2,1H3,(H,19,25)/t18-/m0/s1. The average molecular weight is 363 g/mol. The molecule has 0 bridgehead atoms. The van der Waals surface area contributed by atoms with Crippen LogP contribution in [0.3, 0.4) is 0 Å². The number of ether oxygens (including phenoxy) is 1. The van der Waals surface area contributed by atoms with E-state index in [2.05, 4.69) is 10.4 Å². The zero-order valence-corrected chi connectivity index (χ0v) is 15.5. The van der Waals surface area contributed by atoms with E-state index in [1.807, 2.05) is 22.1 Å². The van der Waals surface area contributed by atoms with Crippen LogP contribution in [0, 0.1) is 5.41 Å². The minimum absolute atomic E-state index is 0.0171. The van der Waals surface area contributed by atoms with Gasteiger partial charge in [-0.25, -0.2) is 4.79 Å². The Morgan fingerprint density at radius 1 is 1.35 bits per heavy atom. The van der Waals surface area contributed by atoms with E-state index in [0.29, 0.717) is 32.7 Å². The number of aromatic nitrogens is 2. The van der Waals surface area contributed by atoms with Crippen molar-refractivity contribution in [2.45, 2.75) is 32.2 Å². The highest BCUT2D eigenvalue weighted by atomic mass is 16.5. The summed E-state index contributed by atoms with van der Waals surface area (Å²) in [4.78, 5) is 28.5. The largest absolute Gasteiger partial charge is 0.383 e. The lowest BCUT2D eigenvalue weighted by molar-refractivity contribution is -0.139. The summed E-state index contributed by atoms with van der Waals surface area (Å²) >= 11 is 0. The van der Waals surface area contributed by atoms with Gasteiger partial charge in [0.05, 0.1) is 13.2 Å². The lowest BCUT2D eigenvalue weighted by atomic mass is 9.73. The number of carbonyl (C=O) groups is 2. The zero-order valence-electron chi connectivity index (χ0n) is 15.5. The van der Waals surface area contributed by atoms with Gasteiger partial charge in [-0.3, -0.25) is 9.48 Å². The van der Waals surface area contributed by atoms with Crippen molar-refractivity contribution >= 4 is 11.9 Å². The van der Waals surface area contributed by atoms with Crippen LogP contribution in [-0.2, 0) is 16.1 Å². The molecule has 2 aliphatic rings. The number of methoxy groups -OCH3 is 1. The molecule has 8 nitrogen and oxygen atoms in total. The molecule has 2 saturated heterocycles. The van der Waals surface area contributed by atoms with Crippen LogP contribution in [0.5, 0.6) is 0 Å². The van der Waals surface area contributed by atoms with Crippen molar-refractivity contribution in [3.8, 4) is 0 Å². The van der Waals surface area contributed by atoms with Gasteiger partial charge in [-0.2, -0.15) is 5.10 Å². The molecule has 0 aromatic carbocycles. The van der Waals surface area contributed by atoms with E-state index in [1.165, 1.54) is 0 Å². The summed E-state index contributed by atoms with van der Waals surface area (Å²) in [6.07, 6.45) is 7.11. The molecule has 0 unspecified atom stereocenters. The maximum absolute atomic E-state index is 12.6. The van der Waals surface area contributed by atoms with Gasteiger partial charge in [-0.05, 0) is 25.3 Å². The number of nitrogens with zero attached hydrogens (tertiary/aromatic N) is 4. The highest BCUT2D eigenvalue weighted by Crippen LogP contribution is 2.38. The van der Waals surface area contributed by atoms with Gasteiger partial charge < -0.3 is 19.9 Å². The third-order valence-electron chi connectivity index (χ3n) is 5.44. The number of rotatable bonds is 6. The molecule has 26 heavy (non-hydrogen) atoms. The number of hydrogen-bond donors (Lipinski definition) is 1. The van der Waals surface area contributed by atoms with E-state index in [9.17, 15) is 9.59 Å². The van der Waals surface area contributed by atoms with E-state index >= 15 is 0 Å². The van der Waals surface area contributed by atoms with Crippen molar-refractivity contribution in [2.75, 3.05) is 46.4 Å². The Morgan fingerprint density at radius 3 is 3.00 bits per heavy atom. The van der Waals surface area contributed by atoms with Crippen LogP contribution in [0.2, 0.25) is 0 Å². The molecule has 1 spiro atoms. The molecule has 1 atom stereocenters. The molecule has 3 amide bonds. The van der Waals surface area contributed by atoms with Crippen LogP contribution in [0.4, 0.5) is 4.79 Å². The number of amides is 3. The molecule has 144 valence electrons. The quantitative estimate of drug-likeness (QED) is 0.816. The fourth-order valence-corrected chi connectivity index (χ4v) is 4.04. The van der Waals surface area contributed by atoms with Gasteiger partial charge >= 0.3 is 6.03 Å². The van der Waals surface area contributed by atoms with Crippen molar-refractivity contribution in [1.29, 1.82) is 0 Å². The molecule has 0 aliphatic carbocycles. The topological polar surface area (TPSA) is 79.7 Å². The Labute approximate surface area is 154 Å². The normalized spacial score (nSPS) is 23.5. The number of likely N-dealkylation sites (tertiary alicyclic amines) is 2. The van der Waals surface area contributed by atoms with Gasteiger partial charge in [0.1, 0.15) is 0 Å². The molecule has 2 fully saturated rings. The summed E-state index contributed by atoms with van der Waals surface area (Å²) in [7, 11) is 1.65. The summed E-state index contributed by atoms with van der Waals surface area (Å²) in [6.45, 7) is 4.64. The zero-order chi connectivity index (χ0) is 18.4. The Kier molecular flexibility index (Phi) is 6.13. The summed E-state index contributed by atoms with van der Waals surface area (Å²) in [5.74, 6) is 0.202. The highest BCUT2D eigenvalue weighted by molar-refractivity contribution is 5.77. The molecule has 1 aromatic rings. The predicted octanol–water partition coefficient (Wildman–Crippen LogP) is 0.944. The van der Waals surface area contributed by atoms with Gasteiger partial charge in [0.25, 0.3) is 0 Å². The van der Waals surface area contributed by atoms with E-state index in [0.717, 1.165) is 38.9 Å². The molecule has 2 aliphatic heterocycles. The summed E-state index contributed by atoms with van der Waals surface area (Å²) in [5.41, 5.74) is 0.0270. The second-order valence-corrected chi connectivity index (χ2v) is 7.33. The van der Waals surface area contributed by atoms with Crippen LogP contribution in [0.25, 0.3) is 0 Å². The lowest BCUT2D eigenvalue weighted by Crippen LogP contribution is -2.57. The molecule has 3 rings (SSSR count). The summed E-state index contributed by atoms with van der Waals surface area (Å²) in [6, 6.07) is 1.85. The monoisotopic (exact) mass is 363 g/mol. The lowest BCUT2D eigenvalue weighted by Gasteiger charge is -2.48. The number of hydrogen-bond acceptors (Lipinski definition) is 4. The first-order valence-electron chi connectivity index (χ1n) is 9.39. The third-order valence-corrected chi connectivity index (χ3v) is 5.44. The molecule has 1 N–H and O–H groups in total. The molecule has 1 aromatic heterocycles. The summed E-state index contributed by atoms with van der Waals surface area (Å²) < 4.78 is 6.93. The van der Waals surface area contributed by atoms with Gasteiger partial charge in [0.2, 0.25) is 5.91 Å². The molecular weight excluding hydrogens is 334 g/mol. The fraction of sp³-hybridized carbons (Fsp3) is 0.722. The fourth-order valence-electron chi connectivity index (χ4n) is 4.04. The van der Waals surface area contributed by atoms with E-state index < -0.39 is 0 Å². The predicted molar refractivity (Wildman–Crippen MR) is 96.6 cm³/mol. The maximum atomic E-state index is 12.6. The average Bonchev–Trinajstić information content (AvgIpc) is 3.16. The van der Waals surface area contributed by atoms with E-state index in [-0.39, 0.29) is 17.4 Å². The Bertz CT molecular complexity index is 606. The Hall–Kier alpha value is -2.09. The number of nitrogens with one attached hydrogen (secondary N) is 1. The van der Waals surface area contributed by atoms with Gasteiger partial charge in [-0.15, -0.1) is 0 Å². The van der Waals surface area contributed by atoms with Gasteiger partial charge in [0, 0.05) is 64.1 Å². The van der Waals surface area contributed by atoms with Crippen LogP contribution >= 0.6 is 0 Å². The minimum Gasteiger partial charge on any atom is -0.383 e. The highest BCUT2D eigenvalue weighted by Gasteiger charge is 2.42. The number of piperidine rings is 2. The SMILES string of the molecule is COCCN1C[C@]2(CCCN(C(=O)NCCn3cccn3)C2)CCC1=O. The Morgan fingerprint density at radius 2 is 2.23 bits per heavy atom. The van der Waals surface area contributed by atoms with E-state index in [4.69, 9.17) is 4.74 Å². The molecular formula is C18H29N5O3. The summed E-state index contributed by atoms with van der Waals surface area (Å²) in [5, 5.41) is 7.13. The van der Waals surface area contributed by atoms with Crippen LogP contribution in [0.1, 0.15) is 25.7 Å². The van der Waals surface area contributed by atoms with Crippen molar-refractivity contribution in [3.63, 3.8) is 0 Å². The van der Waals surface area contributed by atoms with E-state index in [1.54, 1.807) is 18.0 Å². The van der Waals surface area contributed by atoms with Gasteiger partial charge in [-0.1, -0.05) is 0 Å². The molecule has 0 saturated carbocycles. The molecule has 0 radical (unpaired) electrons. The van der Waals surface area contributed by atoms with Gasteiger partial charge in [0.15, 0.2) is 0 Å². The first-order chi connectivity index (χ1) is 12.6. The van der Waals surface area contributed by atoms with Crippen molar-refractivity contribution in [2.24, 2.45) is 5.41 Å². The maximum Gasteiger partial charge on any atom is 0.317 e. The second kappa shape index (κ2) is 8.53. The van der Waals surface area contributed by atoms with Crippen LogP contribution < -0.4 is 5.32 Å². The third kappa shape index (κ3) is 4.55. The Balaban J connectivity index is 1.52. The van der Waals surface area contributed by atoms with Crippen molar-refractivity contribution in [1.82, 2.24) is 24.9 Å². The van der Waals surface area contributed by atoms with Crippen molar-refractivity contribution in [3.05, 3.63) is 18.5 Å².